The van der Waals surface area contributed by atoms with Crippen LogP contribution >= 0.6 is 0 Å². The van der Waals surface area contributed by atoms with Crippen molar-refractivity contribution in [3.8, 4) is 17.1 Å². The zero-order valence-electron chi connectivity index (χ0n) is 14.8. The second kappa shape index (κ2) is 7.70. The lowest BCUT2D eigenvalue weighted by atomic mass is 10.1. The highest BCUT2D eigenvalue weighted by Gasteiger charge is 2.10. The molecule has 0 amide bonds. The maximum atomic E-state index is 12.3. The molecule has 0 atom stereocenters. The van der Waals surface area contributed by atoms with E-state index in [0.29, 0.717) is 23.3 Å². The number of nitrogens with zero attached hydrogens (tertiary/aromatic N) is 2. The molecule has 5 heteroatoms. The lowest BCUT2D eigenvalue weighted by molar-refractivity contribution is 0.183. The summed E-state index contributed by atoms with van der Waals surface area (Å²) >= 11 is 0. The van der Waals surface area contributed by atoms with Gasteiger partial charge in [0.05, 0.1) is 10.9 Å². The Hall–Kier alpha value is -2.66. The maximum Gasteiger partial charge on any atom is 0.259 e. The highest BCUT2D eigenvalue weighted by atomic mass is 16.5. The first-order chi connectivity index (χ1) is 12.8. The molecular formula is C21H23N3O2. The van der Waals surface area contributed by atoms with Crippen LogP contribution in [0.5, 0.6) is 5.75 Å². The summed E-state index contributed by atoms with van der Waals surface area (Å²) in [5, 5.41) is 0.602. The molecule has 0 saturated carbocycles. The third-order valence-electron chi connectivity index (χ3n) is 4.85. The lowest BCUT2D eigenvalue weighted by Gasteiger charge is -2.26. The van der Waals surface area contributed by atoms with E-state index in [1.807, 2.05) is 42.5 Å². The van der Waals surface area contributed by atoms with Crippen LogP contribution in [-0.2, 0) is 0 Å². The van der Waals surface area contributed by atoms with E-state index >= 15 is 0 Å². The van der Waals surface area contributed by atoms with Gasteiger partial charge < -0.3 is 9.72 Å². The van der Waals surface area contributed by atoms with E-state index in [-0.39, 0.29) is 5.56 Å². The SMILES string of the molecule is O=c1[nH]c(-c2cccc(OCCN3CCCCC3)c2)nc2ccccc12. The molecule has 2 aromatic carbocycles. The average molecular weight is 349 g/mol. The smallest absolute Gasteiger partial charge is 0.259 e. The topological polar surface area (TPSA) is 58.2 Å². The number of likely N-dealkylation sites (tertiary alicyclic amines) is 1. The first-order valence-corrected chi connectivity index (χ1v) is 9.24. The van der Waals surface area contributed by atoms with Gasteiger partial charge in [0.25, 0.3) is 5.56 Å². The van der Waals surface area contributed by atoms with Gasteiger partial charge in [0, 0.05) is 12.1 Å². The summed E-state index contributed by atoms with van der Waals surface area (Å²) in [4.78, 5) is 22.2. The minimum atomic E-state index is -0.123. The summed E-state index contributed by atoms with van der Waals surface area (Å²) in [6, 6.07) is 15.1. The standard InChI is InChI=1S/C21H23N3O2/c25-21-18-9-2-3-10-19(18)22-20(23-21)16-7-6-8-17(15-16)26-14-13-24-11-4-1-5-12-24/h2-3,6-10,15H,1,4-5,11-14H2,(H,22,23,25). The number of ether oxygens (including phenoxy) is 1. The van der Waals surface area contributed by atoms with Gasteiger partial charge in [-0.1, -0.05) is 30.7 Å². The number of piperidine rings is 1. The van der Waals surface area contributed by atoms with Crippen LogP contribution in [0.1, 0.15) is 19.3 Å². The number of aromatic amines is 1. The number of rotatable bonds is 5. The fraction of sp³-hybridized carbons (Fsp3) is 0.333. The molecule has 134 valence electrons. The monoisotopic (exact) mass is 349 g/mol. The van der Waals surface area contributed by atoms with Crippen LogP contribution < -0.4 is 10.3 Å². The Kier molecular flexibility index (Phi) is 4.97. The van der Waals surface area contributed by atoms with Gasteiger partial charge in [-0.15, -0.1) is 0 Å². The number of fused-ring (bicyclic) bond motifs is 1. The van der Waals surface area contributed by atoms with Gasteiger partial charge in [-0.2, -0.15) is 0 Å². The number of para-hydroxylation sites is 1. The number of hydrogen-bond acceptors (Lipinski definition) is 4. The van der Waals surface area contributed by atoms with Crippen molar-refractivity contribution in [1.82, 2.24) is 14.9 Å². The van der Waals surface area contributed by atoms with Crippen LogP contribution in [0, 0.1) is 0 Å². The summed E-state index contributed by atoms with van der Waals surface area (Å²) in [5.41, 5.74) is 1.42. The summed E-state index contributed by atoms with van der Waals surface area (Å²) in [7, 11) is 0. The first-order valence-electron chi connectivity index (χ1n) is 9.24. The molecule has 1 saturated heterocycles. The summed E-state index contributed by atoms with van der Waals surface area (Å²) in [6.45, 7) is 3.97. The van der Waals surface area contributed by atoms with E-state index in [4.69, 9.17) is 4.74 Å². The van der Waals surface area contributed by atoms with Gasteiger partial charge in [-0.25, -0.2) is 4.98 Å². The quantitative estimate of drug-likeness (QED) is 0.766. The molecule has 0 bridgehead atoms. The molecule has 0 aliphatic carbocycles. The fourth-order valence-corrected chi connectivity index (χ4v) is 3.43. The van der Waals surface area contributed by atoms with Crippen molar-refractivity contribution in [2.75, 3.05) is 26.2 Å². The summed E-state index contributed by atoms with van der Waals surface area (Å²) < 4.78 is 5.93. The highest BCUT2D eigenvalue weighted by molar-refractivity contribution is 5.79. The van der Waals surface area contributed by atoms with E-state index in [0.717, 1.165) is 17.9 Å². The van der Waals surface area contributed by atoms with Gasteiger partial charge in [-0.3, -0.25) is 9.69 Å². The Morgan fingerprint density at radius 1 is 1.04 bits per heavy atom. The van der Waals surface area contributed by atoms with E-state index in [9.17, 15) is 4.79 Å². The molecule has 2 heterocycles. The molecule has 1 fully saturated rings. The second-order valence-corrected chi connectivity index (χ2v) is 6.71. The molecular weight excluding hydrogens is 326 g/mol. The molecule has 1 aliphatic rings. The maximum absolute atomic E-state index is 12.3. The van der Waals surface area contributed by atoms with Crippen molar-refractivity contribution >= 4 is 10.9 Å². The Bertz CT molecular complexity index is 945. The zero-order valence-corrected chi connectivity index (χ0v) is 14.8. The van der Waals surface area contributed by atoms with E-state index in [1.165, 1.54) is 32.4 Å². The van der Waals surface area contributed by atoms with Crippen molar-refractivity contribution in [2.45, 2.75) is 19.3 Å². The first kappa shape index (κ1) is 16.8. The summed E-state index contributed by atoms with van der Waals surface area (Å²) in [5.74, 6) is 1.37. The summed E-state index contributed by atoms with van der Waals surface area (Å²) in [6.07, 6.45) is 3.92. The van der Waals surface area contributed by atoms with Crippen molar-refractivity contribution < 1.29 is 4.74 Å². The molecule has 4 rings (SSSR count). The predicted octanol–water partition coefficient (Wildman–Crippen LogP) is 3.45. The van der Waals surface area contributed by atoms with Crippen molar-refractivity contribution in [3.05, 3.63) is 58.9 Å². The van der Waals surface area contributed by atoms with Crippen LogP contribution in [0.15, 0.2) is 53.3 Å². The number of benzene rings is 2. The Morgan fingerprint density at radius 3 is 2.77 bits per heavy atom. The number of hydrogen-bond donors (Lipinski definition) is 1. The van der Waals surface area contributed by atoms with Gasteiger partial charge in [0.2, 0.25) is 0 Å². The zero-order chi connectivity index (χ0) is 17.8. The minimum absolute atomic E-state index is 0.123. The number of nitrogens with one attached hydrogen (secondary N) is 1. The lowest BCUT2D eigenvalue weighted by Crippen LogP contribution is -2.33. The fourth-order valence-electron chi connectivity index (χ4n) is 3.43. The van der Waals surface area contributed by atoms with E-state index in [1.54, 1.807) is 6.07 Å². The Morgan fingerprint density at radius 2 is 1.88 bits per heavy atom. The molecule has 0 radical (unpaired) electrons. The van der Waals surface area contributed by atoms with Crippen LogP contribution in [-0.4, -0.2) is 41.1 Å². The van der Waals surface area contributed by atoms with Gasteiger partial charge >= 0.3 is 0 Å². The van der Waals surface area contributed by atoms with E-state index < -0.39 is 0 Å². The van der Waals surface area contributed by atoms with Crippen LogP contribution in [0.3, 0.4) is 0 Å². The van der Waals surface area contributed by atoms with Crippen molar-refractivity contribution in [2.24, 2.45) is 0 Å². The average Bonchev–Trinajstić information content (AvgIpc) is 2.69. The molecule has 3 aromatic rings. The van der Waals surface area contributed by atoms with Gasteiger partial charge in [0.1, 0.15) is 18.2 Å². The second-order valence-electron chi connectivity index (χ2n) is 6.71. The highest BCUT2D eigenvalue weighted by Crippen LogP contribution is 2.21. The van der Waals surface area contributed by atoms with Crippen LogP contribution in [0.25, 0.3) is 22.3 Å². The third kappa shape index (κ3) is 3.78. The molecule has 0 unspecified atom stereocenters. The predicted molar refractivity (Wildman–Crippen MR) is 104 cm³/mol. The molecule has 1 aliphatic heterocycles. The molecule has 26 heavy (non-hydrogen) atoms. The molecule has 5 nitrogen and oxygen atoms in total. The number of aromatic nitrogens is 2. The minimum Gasteiger partial charge on any atom is -0.492 e. The third-order valence-corrected chi connectivity index (χ3v) is 4.85. The van der Waals surface area contributed by atoms with Crippen LogP contribution in [0.4, 0.5) is 0 Å². The van der Waals surface area contributed by atoms with Gasteiger partial charge in [0.15, 0.2) is 0 Å². The normalized spacial score (nSPS) is 15.2. The van der Waals surface area contributed by atoms with Crippen molar-refractivity contribution in [3.63, 3.8) is 0 Å². The molecule has 1 N–H and O–H groups in total. The molecule has 0 spiro atoms. The Balaban J connectivity index is 1.49. The number of H-pyrrole nitrogens is 1. The van der Waals surface area contributed by atoms with Crippen molar-refractivity contribution in [1.29, 1.82) is 0 Å². The van der Waals surface area contributed by atoms with Crippen LogP contribution in [0.2, 0.25) is 0 Å². The van der Waals surface area contributed by atoms with E-state index in [2.05, 4.69) is 14.9 Å². The Labute approximate surface area is 152 Å². The van der Waals surface area contributed by atoms with Gasteiger partial charge in [-0.05, 0) is 50.2 Å². The molecule has 1 aromatic heterocycles. The largest absolute Gasteiger partial charge is 0.492 e.